The Hall–Kier alpha value is -2.83. The summed E-state index contributed by atoms with van der Waals surface area (Å²) in [6, 6.07) is 8.73. The molecular formula is C17H21N3O4. The van der Waals surface area contributed by atoms with Crippen molar-refractivity contribution in [2.45, 2.75) is 19.9 Å². The van der Waals surface area contributed by atoms with Crippen LogP contribution >= 0.6 is 0 Å². The maximum atomic E-state index is 12.1. The molecule has 0 fully saturated rings. The van der Waals surface area contributed by atoms with Crippen LogP contribution in [0.25, 0.3) is 11.3 Å². The summed E-state index contributed by atoms with van der Waals surface area (Å²) in [5.41, 5.74) is 0.905. The van der Waals surface area contributed by atoms with Gasteiger partial charge < -0.3 is 19.7 Å². The molecule has 2 N–H and O–H groups in total. The number of nitrogens with zero attached hydrogens (tertiary/aromatic N) is 2. The minimum absolute atomic E-state index is 0.120. The molecule has 1 heterocycles. The van der Waals surface area contributed by atoms with Crippen LogP contribution in [0.4, 0.5) is 4.79 Å². The van der Waals surface area contributed by atoms with Crippen LogP contribution < -0.4 is 5.32 Å². The van der Waals surface area contributed by atoms with E-state index in [-0.39, 0.29) is 12.6 Å². The monoisotopic (exact) mass is 331 g/mol. The molecule has 2 atom stereocenters. The summed E-state index contributed by atoms with van der Waals surface area (Å²) in [4.78, 5) is 28.5. The van der Waals surface area contributed by atoms with Gasteiger partial charge in [0, 0.05) is 19.2 Å². The molecule has 0 aliphatic carbocycles. The topological polar surface area (TPSA) is 95.7 Å². The average molecular weight is 331 g/mol. The Morgan fingerprint density at radius 3 is 2.58 bits per heavy atom. The number of hydrogen-bond donors (Lipinski definition) is 2. The van der Waals surface area contributed by atoms with Gasteiger partial charge in [-0.05, 0) is 6.92 Å². The van der Waals surface area contributed by atoms with Crippen LogP contribution in [0.5, 0.6) is 0 Å². The molecule has 0 radical (unpaired) electrons. The number of nitrogens with one attached hydrogen (secondary N) is 1. The van der Waals surface area contributed by atoms with E-state index in [1.807, 2.05) is 30.3 Å². The molecule has 0 spiro atoms. The van der Waals surface area contributed by atoms with Gasteiger partial charge in [-0.2, -0.15) is 0 Å². The zero-order valence-electron chi connectivity index (χ0n) is 13.9. The Kier molecular flexibility index (Phi) is 5.57. The Morgan fingerprint density at radius 2 is 1.96 bits per heavy atom. The van der Waals surface area contributed by atoms with Crippen molar-refractivity contribution in [2.24, 2.45) is 5.92 Å². The molecule has 24 heavy (non-hydrogen) atoms. The predicted octanol–water partition coefficient (Wildman–Crippen LogP) is 2.76. The van der Waals surface area contributed by atoms with Crippen LogP contribution in [0.3, 0.4) is 0 Å². The zero-order chi connectivity index (χ0) is 17.7. The summed E-state index contributed by atoms with van der Waals surface area (Å²) >= 11 is 0. The highest BCUT2D eigenvalue weighted by Crippen LogP contribution is 2.22. The molecule has 0 bridgehead atoms. The van der Waals surface area contributed by atoms with Crippen molar-refractivity contribution < 1.29 is 19.1 Å². The van der Waals surface area contributed by atoms with Crippen molar-refractivity contribution in [1.82, 2.24) is 15.2 Å². The summed E-state index contributed by atoms with van der Waals surface area (Å²) in [6.45, 7) is 3.43. The number of oxazole rings is 1. The second-order valence-electron chi connectivity index (χ2n) is 5.72. The Labute approximate surface area is 140 Å². The number of carbonyl (C=O) groups excluding carboxylic acids is 1. The lowest BCUT2D eigenvalue weighted by Crippen LogP contribution is -2.41. The molecule has 0 aliphatic heterocycles. The molecule has 7 heteroatoms. The lowest BCUT2D eigenvalue weighted by molar-refractivity contribution is -0.141. The number of amides is 2. The summed E-state index contributed by atoms with van der Waals surface area (Å²) in [5.74, 6) is -0.563. The fraction of sp³-hybridized carbons (Fsp3) is 0.353. The van der Waals surface area contributed by atoms with Crippen LogP contribution in [-0.2, 0) is 4.79 Å². The molecule has 0 saturated carbocycles. The van der Waals surface area contributed by atoms with Crippen LogP contribution in [-0.4, -0.2) is 40.6 Å². The van der Waals surface area contributed by atoms with E-state index in [9.17, 15) is 9.59 Å². The summed E-state index contributed by atoms with van der Waals surface area (Å²) in [6.07, 6.45) is 1.61. The molecule has 128 valence electrons. The van der Waals surface area contributed by atoms with Crippen LogP contribution in [0.2, 0.25) is 0 Å². The molecule has 2 amide bonds. The van der Waals surface area contributed by atoms with Gasteiger partial charge in [0.25, 0.3) is 0 Å². The van der Waals surface area contributed by atoms with Crippen molar-refractivity contribution >= 4 is 12.0 Å². The van der Waals surface area contributed by atoms with Gasteiger partial charge >= 0.3 is 12.0 Å². The van der Waals surface area contributed by atoms with Gasteiger partial charge in [-0.25, -0.2) is 9.78 Å². The van der Waals surface area contributed by atoms with Gasteiger partial charge in [-0.3, -0.25) is 4.79 Å². The van der Waals surface area contributed by atoms with E-state index in [2.05, 4.69) is 10.3 Å². The molecule has 1 aromatic heterocycles. The SMILES string of the molecule is CC(CN(C)C(=O)NC(C)c1ncc(-c2ccccc2)o1)C(=O)O. The number of hydrogen-bond acceptors (Lipinski definition) is 4. The lowest BCUT2D eigenvalue weighted by atomic mass is 10.2. The number of rotatable bonds is 6. The number of aromatic nitrogens is 1. The summed E-state index contributed by atoms with van der Waals surface area (Å²) < 4.78 is 5.69. The smallest absolute Gasteiger partial charge is 0.317 e. The highest BCUT2D eigenvalue weighted by atomic mass is 16.4. The van der Waals surface area contributed by atoms with Gasteiger partial charge in [-0.1, -0.05) is 37.3 Å². The van der Waals surface area contributed by atoms with Crippen molar-refractivity contribution in [3.63, 3.8) is 0 Å². The number of carboxylic acid groups (broad SMARTS) is 1. The van der Waals surface area contributed by atoms with Crippen molar-refractivity contribution in [1.29, 1.82) is 0 Å². The van der Waals surface area contributed by atoms with Gasteiger partial charge in [-0.15, -0.1) is 0 Å². The first kappa shape index (κ1) is 17.5. The van der Waals surface area contributed by atoms with E-state index in [0.717, 1.165) is 5.56 Å². The third kappa shape index (κ3) is 4.34. The summed E-state index contributed by atoms with van der Waals surface area (Å²) in [5, 5.41) is 11.6. The van der Waals surface area contributed by atoms with E-state index in [1.165, 1.54) is 4.90 Å². The molecule has 0 saturated heterocycles. The maximum Gasteiger partial charge on any atom is 0.317 e. The number of aliphatic carboxylic acids is 1. The minimum atomic E-state index is -0.942. The van der Waals surface area contributed by atoms with Crippen molar-refractivity contribution in [2.75, 3.05) is 13.6 Å². The van der Waals surface area contributed by atoms with Crippen LogP contribution in [0, 0.1) is 5.92 Å². The van der Waals surface area contributed by atoms with E-state index < -0.39 is 17.9 Å². The van der Waals surface area contributed by atoms with E-state index in [4.69, 9.17) is 9.52 Å². The molecule has 7 nitrogen and oxygen atoms in total. The van der Waals surface area contributed by atoms with E-state index in [1.54, 1.807) is 27.1 Å². The average Bonchev–Trinajstić information content (AvgIpc) is 3.05. The van der Waals surface area contributed by atoms with Gasteiger partial charge in [0.05, 0.1) is 12.1 Å². The van der Waals surface area contributed by atoms with Gasteiger partial charge in [0.15, 0.2) is 5.76 Å². The van der Waals surface area contributed by atoms with Gasteiger partial charge in [0.2, 0.25) is 5.89 Å². The largest absolute Gasteiger partial charge is 0.481 e. The molecule has 0 aliphatic rings. The first-order valence-electron chi connectivity index (χ1n) is 7.64. The molecular weight excluding hydrogens is 310 g/mol. The summed E-state index contributed by atoms with van der Waals surface area (Å²) in [7, 11) is 1.55. The predicted molar refractivity (Wildman–Crippen MR) is 88.3 cm³/mol. The first-order chi connectivity index (χ1) is 11.4. The van der Waals surface area contributed by atoms with Crippen LogP contribution in [0.15, 0.2) is 40.9 Å². The third-order valence-corrected chi connectivity index (χ3v) is 3.61. The molecule has 2 unspecified atom stereocenters. The fourth-order valence-electron chi connectivity index (χ4n) is 2.15. The van der Waals surface area contributed by atoms with E-state index in [0.29, 0.717) is 11.7 Å². The van der Waals surface area contributed by atoms with Crippen molar-refractivity contribution in [3.8, 4) is 11.3 Å². The number of carboxylic acids is 1. The Bertz CT molecular complexity index is 699. The van der Waals surface area contributed by atoms with Crippen molar-refractivity contribution in [3.05, 3.63) is 42.4 Å². The number of urea groups is 1. The third-order valence-electron chi connectivity index (χ3n) is 3.61. The lowest BCUT2D eigenvalue weighted by Gasteiger charge is -2.21. The Morgan fingerprint density at radius 1 is 1.29 bits per heavy atom. The number of benzene rings is 1. The maximum absolute atomic E-state index is 12.1. The minimum Gasteiger partial charge on any atom is -0.481 e. The molecule has 2 aromatic rings. The molecule has 2 rings (SSSR count). The highest BCUT2D eigenvalue weighted by molar-refractivity contribution is 5.76. The quantitative estimate of drug-likeness (QED) is 0.848. The second-order valence-corrected chi connectivity index (χ2v) is 5.72. The normalized spacial score (nSPS) is 13.1. The first-order valence-corrected chi connectivity index (χ1v) is 7.64. The van der Waals surface area contributed by atoms with E-state index >= 15 is 0 Å². The van der Waals surface area contributed by atoms with Gasteiger partial charge in [0.1, 0.15) is 6.04 Å². The standard InChI is InChI=1S/C17H21N3O4/c1-11(16(21)22)10-20(3)17(23)19-12(2)15-18-9-14(24-15)13-7-5-4-6-8-13/h4-9,11-12H,10H2,1-3H3,(H,19,23)(H,21,22). The Balaban J connectivity index is 1.97. The number of carbonyl (C=O) groups is 2. The zero-order valence-corrected chi connectivity index (χ0v) is 13.9. The highest BCUT2D eigenvalue weighted by Gasteiger charge is 2.21. The molecule has 1 aromatic carbocycles. The fourth-order valence-corrected chi connectivity index (χ4v) is 2.15. The second kappa shape index (κ2) is 7.63. The van der Waals surface area contributed by atoms with Crippen LogP contribution in [0.1, 0.15) is 25.8 Å².